The SMILES string of the molecule is CCC(C#N)(CCCOCCOc1ccccc1)NC. The van der Waals surface area contributed by atoms with Crippen LogP contribution in [0.1, 0.15) is 26.2 Å². The second-order valence-electron chi connectivity index (χ2n) is 4.67. The van der Waals surface area contributed by atoms with E-state index in [0.29, 0.717) is 19.8 Å². The molecule has 0 aliphatic heterocycles. The molecule has 1 N–H and O–H groups in total. The minimum Gasteiger partial charge on any atom is -0.491 e. The second-order valence-corrected chi connectivity index (χ2v) is 4.67. The van der Waals surface area contributed by atoms with Crippen LogP contribution in [-0.4, -0.2) is 32.4 Å². The van der Waals surface area contributed by atoms with Gasteiger partial charge in [-0.05, 0) is 38.4 Å². The molecule has 110 valence electrons. The average Bonchev–Trinajstić information content (AvgIpc) is 2.52. The molecule has 0 radical (unpaired) electrons. The molecule has 1 aromatic carbocycles. The number of rotatable bonds is 10. The molecule has 0 aromatic heterocycles. The summed E-state index contributed by atoms with van der Waals surface area (Å²) in [5.74, 6) is 0.862. The van der Waals surface area contributed by atoms with Gasteiger partial charge < -0.3 is 14.8 Å². The Bertz CT molecular complexity index is 397. The summed E-state index contributed by atoms with van der Waals surface area (Å²) in [5, 5.41) is 12.3. The minimum absolute atomic E-state index is 0.413. The summed E-state index contributed by atoms with van der Waals surface area (Å²) >= 11 is 0. The Morgan fingerprint density at radius 1 is 1.20 bits per heavy atom. The van der Waals surface area contributed by atoms with Crippen molar-refractivity contribution in [2.45, 2.75) is 31.7 Å². The Hall–Kier alpha value is -1.57. The highest BCUT2D eigenvalue weighted by atomic mass is 16.5. The van der Waals surface area contributed by atoms with E-state index in [2.05, 4.69) is 11.4 Å². The lowest BCUT2D eigenvalue weighted by Crippen LogP contribution is -2.40. The molecule has 4 nitrogen and oxygen atoms in total. The van der Waals surface area contributed by atoms with Gasteiger partial charge in [-0.1, -0.05) is 25.1 Å². The zero-order valence-electron chi connectivity index (χ0n) is 12.4. The molecule has 0 heterocycles. The summed E-state index contributed by atoms with van der Waals surface area (Å²) in [7, 11) is 1.83. The molecule has 1 rings (SSSR count). The molecule has 1 unspecified atom stereocenters. The molecule has 0 spiro atoms. The number of nitrogens with zero attached hydrogens (tertiary/aromatic N) is 1. The van der Waals surface area contributed by atoms with E-state index >= 15 is 0 Å². The fourth-order valence-corrected chi connectivity index (χ4v) is 1.98. The first-order chi connectivity index (χ1) is 9.76. The maximum absolute atomic E-state index is 9.17. The summed E-state index contributed by atoms with van der Waals surface area (Å²) in [6.45, 7) is 3.80. The molecule has 0 bridgehead atoms. The molecular weight excluding hydrogens is 252 g/mol. The predicted octanol–water partition coefficient (Wildman–Crippen LogP) is 2.75. The number of ether oxygens (including phenoxy) is 2. The maximum atomic E-state index is 9.17. The van der Waals surface area contributed by atoms with Crippen molar-refractivity contribution in [2.24, 2.45) is 0 Å². The highest BCUT2D eigenvalue weighted by Crippen LogP contribution is 2.15. The van der Waals surface area contributed by atoms with Crippen LogP contribution in [0.25, 0.3) is 0 Å². The van der Waals surface area contributed by atoms with Crippen molar-refractivity contribution in [3.8, 4) is 11.8 Å². The first kappa shape index (κ1) is 16.5. The van der Waals surface area contributed by atoms with Crippen LogP contribution >= 0.6 is 0 Å². The van der Waals surface area contributed by atoms with E-state index in [0.717, 1.165) is 25.0 Å². The number of hydrogen-bond acceptors (Lipinski definition) is 4. The van der Waals surface area contributed by atoms with Gasteiger partial charge in [0.15, 0.2) is 0 Å². The van der Waals surface area contributed by atoms with Gasteiger partial charge in [0.2, 0.25) is 0 Å². The third kappa shape index (κ3) is 5.60. The van der Waals surface area contributed by atoms with Crippen LogP contribution < -0.4 is 10.1 Å². The molecule has 4 heteroatoms. The average molecular weight is 276 g/mol. The van der Waals surface area contributed by atoms with Crippen LogP contribution in [-0.2, 0) is 4.74 Å². The molecule has 20 heavy (non-hydrogen) atoms. The van der Waals surface area contributed by atoms with Gasteiger partial charge in [0.25, 0.3) is 0 Å². The van der Waals surface area contributed by atoms with Crippen molar-refractivity contribution in [1.29, 1.82) is 5.26 Å². The normalized spacial score (nSPS) is 13.4. The van der Waals surface area contributed by atoms with Gasteiger partial charge in [-0.2, -0.15) is 5.26 Å². The van der Waals surface area contributed by atoms with Crippen molar-refractivity contribution < 1.29 is 9.47 Å². The fourth-order valence-electron chi connectivity index (χ4n) is 1.98. The number of hydrogen-bond donors (Lipinski definition) is 1. The van der Waals surface area contributed by atoms with Crippen molar-refractivity contribution in [3.63, 3.8) is 0 Å². The third-order valence-corrected chi connectivity index (χ3v) is 3.43. The van der Waals surface area contributed by atoms with Crippen LogP contribution in [0.3, 0.4) is 0 Å². The third-order valence-electron chi connectivity index (χ3n) is 3.43. The van der Waals surface area contributed by atoms with E-state index in [1.54, 1.807) is 0 Å². The van der Waals surface area contributed by atoms with E-state index in [9.17, 15) is 5.26 Å². The number of nitrogens with one attached hydrogen (secondary N) is 1. The summed E-state index contributed by atoms with van der Waals surface area (Å²) in [6.07, 6.45) is 2.47. The molecule has 0 saturated carbocycles. The zero-order chi connectivity index (χ0) is 14.7. The topological polar surface area (TPSA) is 54.3 Å². The lowest BCUT2D eigenvalue weighted by molar-refractivity contribution is 0.0942. The van der Waals surface area contributed by atoms with Crippen LogP contribution in [0.4, 0.5) is 0 Å². The number of para-hydroxylation sites is 1. The fraction of sp³-hybridized carbons (Fsp3) is 0.562. The monoisotopic (exact) mass is 276 g/mol. The number of benzene rings is 1. The van der Waals surface area contributed by atoms with Crippen molar-refractivity contribution in [3.05, 3.63) is 30.3 Å². The quantitative estimate of drug-likeness (QED) is 0.668. The Morgan fingerprint density at radius 3 is 2.55 bits per heavy atom. The number of nitriles is 1. The Labute approximate surface area is 121 Å². The summed E-state index contributed by atoms with van der Waals surface area (Å²) in [6, 6.07) is 12.0. The lowest BCUT2D eigenvalue weighted by atomic mass is 9.92. The van der Waals surface area contributed by atoms with Crippen LogP contribution in [0, 0.1) is 11.3 Å². The largest absolute Gasteiger partial charge is 0.491 e. The Kier molecular flexibility index (Phi) is 7.71. The first-order valence-electron chi connectivity index (χ1n) is 7.12. The summed E-state index contributed by atoms with van der Waals surface area (Å²) in [4.78, 5) is 0. The Balaban J connectivity index is 2.07. The molecular formula is C16H24N2O2. The second kappa shape index (κ2) is 9.35. The van der Waals surface area contributed by atoms with Gasteiger partial charge >= 0.3 is 0 Å². The summed E-state index contributed by atoms with van der Waals surface area (Å²) < 4.78 is 11.0. The van der Waals surface area contributed by atoms with Gasteiger partial charge in [-0.25, -0.2) is 0 Å². The van der Waals surface area contributed by atoms with Crippen LogP contribution in [0.15, 0.2) is 30.3 Å². The minimum atomic E-state index is -0.413. The van der Waals surface area contributed by atoms with Crippen LogP contribution in [0.2, 0.25) is 0 Å². The van der Waals surface area contributed by atoms with Crippen molar-refractivity contribution >= 4 is 0 Å². The highest BCUT2D eigenvalue weighted by Gasteiger charge is 2.24. The summed E-state index contributed by atoms with van der Waals surface area (Å²) in [5.41, 5.74) is -0.413. The van der Waals surface area contributed by atoms with Gasteiger partial charge in [-0.3, -0.25) is 0 Å². The van der Waals surface area contributed by atoms with Gasteiger partial charge in [-0.15, -0.1) is 0 Å². The Morgan fingerprint density at radius 2 is 1.95 bits per heavy atom. The molecule has 0 aliphatic carbocycles. The highest BCUT2D eigenvalue weighted by molar-refractivity contribution is 5.20. The zero-order valence-corrected chi connectivity index (χ0v) is 12.4. The lowest BCUT2D eigenvalue weighted by Gasteiger charge is -2.24. The maximum Gasteiger partial charge on any atom is 0.119 e. The van der Waals surface area contributed by atoms with Crippen LogP contribution in [0.5, 0.6) is 5.75 Å². The van der Waals surface area contributed by atoms with Crippen molar-refractivity contribution in [2.75, 3.05) is 26.9 Å². The molecule has 0 amide bonds. The van der Waals surface area contributed by atoms with E-state index in [1.165, 1.54) is 0 Å². The standard InChI is InChI=1S/C16H24N2O2/c1-3-16(14-17,18-2)10-7-11-19-12-13-20-15-8-5-4-6-9-15/h4-6,8-9,18H,3,7,10-13H2,1-2H3. The predicted molar refractivity (Wildman–Crippen MR) is 79.7 cm³/mol. The van der Waals surface area contributed by atoms with Crippen molar-refractivity contribution in [1.82, 2.24) is 5.32 Å². The smallest absolute Gasteiger partial charge is 0.119 e. The molecule has 1 aromatic rings. The molecule has 0 aliphatic rings. The molecule has 1 atom stereocenters. The van der Waals surface area contributed by atoms with E-state index in [1.807, 2.05) is 44.3 Å². The molecule has 0 saturated heterocycles. The van der Waals surface area contributed by atoms with E-state index in [4.69, 9.17) is 9.47 Å². The van der Waals surface area contributed by atoms with E-state index in [-0.39, 0.29) is 0 Å². The van der Waals surface area contributed by atoms with E-state index < -0.39 is 5.54 Å². The van der Waals surface area contributed by atoms with Gasteiger partial charge in [0.05, 0.1) is 12.7 Å². The first-order valence-corrected chi connectivity index (χ1v) is 7.12. The van der Waals surface area contributed by atoms with Gasteiger partial charge in [0, 0.05) is 6.61 Å². The van der Waals surface area contributed by atoms with Gasteiger partial charge in [0.1, 0.15) is 17.9 Å². The molecule has 0 fully saturated rings.